The van der Waals surface area contributed by atoms with Crippen LogP contribution >= 0.6 is 0 Å². The SMILES string of the molecule is CN(CCCO)S(=O)(=O)N(C)CC(F)F. The fourth-order valence-electron chi connectivity index (χ4n) is 0.935. The molecular weight excluding hydrogens is 230 g/mol. The van der Waals surface area contributed by atoms with E-state index < -0.39 is 23.2 Å². The van der Waals surface area contributed by atoms with E-state index in [1.54, 1.807) is 0 Å². The Morgan fingerprint density at radius 1 is 1.27 bits per heavy atom. The van der Waals surface area contributed by atoms with Crippen molar-refractivity contribution < 1.29 is 22.3 Å². The predicted molar refractivity (Wildman–Crippen MR) is 51.9 cm³/mol. The molecule has 0 fully saturated rings. The van der Waals surface area contributed by atoms with Gasteiger partial charge in [0, 0.05) is 27.2 Å². The molecule has 0 amide bonds. The lowest BCUT2D eigenvalue weighted by molar-refractivity contribution is 0.124. The van der Waals surface area contributed by atoms with Crippen molar-refractivity contribution in [2.75, 3.05) is 33.8 Å². The fourth-order valence-corrected chi connectivity index (χ4v) is 2.07. The number of halogens is 2. The first-order chi connectivity index (χ1) is 6.82. The van der Waals surface area contributed by atoms with Crippen molar-refractivity contribution in [1.82, 2.24) is 8.61 Å². The molecule has 0 aliphatic rings. The fraction of sp³-hybridized carbons (Fsp3) is 1.00. The Morgan fingerprint density at radius 3 is 2.20 bits per heavy atom. The van der Waals surface area contributed by atoms with Gasteiger partial charge in [-0.1, -0.05) is 0 Å². The lowest BCUT2D eigenvalue weighted by Gasteiger charge is -2.23. The van der Waals surface area contributed by atoms with Crippen LogP contribution in [0.2, 0.25) is 0 Å². The molecule has 0 aliphatic heterocycles. The van der Waals surface area contributed by atoms with E-state index in [4.69, 9.17) is 5.11 Å². The molecular formula is C7H16F2N2O3S. The molecule has 0 atom stereocenters. The van der Waals surface area contributed by atoms with Crippen LogP contribution in [-0.2, 0) is 10.2 Å². The molecule has 0 radical (unpaired) electrons. The lowest BCUT2D eigenvalue weighted by Crippen LogP contribution is -2.42. The van der Waals surface area contributed by atoms with E-state index in [1.807, 2.05) is 0 Å². The number of hydrogen-bond acceptors (Lipinski definition) is 3. The summed E-state index contributed by atoms with van der Waals surface area (Å²) < 4.78 is 48.5. The van der Waals surface area contributed by atoms with E-state index in [0.717, 1.165) is 11.4 Å². The maximum absolute atomic E-state index is 12.0. The summed E-state index contributed by atoms with van der Waals surface area (Å²) in [6.07, 6.45) is -2.42. The second-order valence-electron chi connectivity index (χ2n) is 3.08. The van der Waals surface area contributed by atoms with Gasteiger partial charge in [0.25, 0.3) is 16.6 Å². The van der Waals surface area contributed by atoms with Gasteiger partial charge in [0.1, 0.15) is 0 Å². The molecule has 92 valence electrons. The second-order valence-corrected chi connectivity index (χ2v) is 5.22. The Hall–Kier alpha value is -0.310. The number of aliphatic hydroxyl groups excluding tert-OH is 1. The first kappa shape index (κ1) is 14.7. The highest BCUT2D eigenvalue weighted by Gasteiger charge is 2.25. The molecule has 0 aromatic carbocycles. The molecule has 0 rings (SSSR count). The zero-order valence-electron chi connectivity index (χ0n) is 8.73. The van der Waals surface area contributed by atoms with Crippen LogP contribution in [0.5, 0.6) is 0 Å². The van der Waals surface area contributed by atoms with Crippen LogP contribution in [0.25, 0.3) is 0 Å². The molecule has 0 spiro atoms. The molecule has 0 aliphatic carbocycles. The van der Waals surface area contributed by atoms with Crippen molar-refractivity contribution in [1.29, 1.82) is 0 Å². The van der Waals surface area contributed by atoms with Gasteiger partial charge in [-0.15, -0.1) is 0 Å². The normalized spacial score (nSPS) is 13.1. The molecule has 0 heterocycles. The van der Waals surface area contributed by atoms with Crippen molar-refractivity contribution in [2.45, 2.75) is 12.8 Å². The minimum Gasteiger partial charge on any atom is -0.396 e. The molecule has 0 aromatic rings. The van der Waals surface area contributed by atoms with E-state index in [0.29, 0.717) is 4.31 Å². The number of aliphatic hydroxyl groups is 1. The first-order valence-corrected chi connectivity index (χ1v) is 5.78. The average Bonchev–Trinajstić information content (AvgIpc) is 2.12. The Labute approximate surface area is 88.5 Å². The van der Waals surface area contributed by atoms with E-state index in [1.165, 1.54) is 7.05 Å². The van der Waals surface area contributed by atoms with Gasteiger partial charge >= 0.3 is 0 Å². The van der Waals surface area contributed by atoms with Gasteiger partial charge in [-0.3, -0.25) is 0 Å². The third-order valence-electron chi connectivity index (χ3n) is 1.81. The van der Waals surface area contributed by atoms with Gasteiger partial charge < -0.3 is 5.11 Å². The van der Waals surface area contributed by atoms with Crippen molar-refractivity contribution in [3.05, 3.63) is 0 Å². The number of hydrogen-bond donors (Lipinski definition) is 1. The summed E-state index contributed by atoms with van der Waals surface area (Å²) in [5.41, 5.74) is 0. The van der Waals surface area contributed by atoms with Crippen LogP contribution in [0.1, 0.15) is 6.42 Å². The van der Waals surface area contributed by atoms with Gasteiger partial charge in [-0.25, -0.2) is 8.78 Å². The molecule has 0 unspecified atom stereocenters. The van der Waals surface area contributed by atoms with Gasteiger partial charge in [0.2, 0.25) is 0 Å². The quantitative estimate of drug-likeness (QED) is 0.673. The van der Waals surface area contributed by atoms with Crippen LogP contribution in [-0.4, -0.2) is 62.4 Å². The molecule has 0 bridgehead atoms. The van der Waals surface area contributed by atoms with E-state index >= 15 is 0 Å². The number of rotatable bonds is 7. The van der Waals surface area contributed by atoms with Gasteiger partial charge in [-0.2, -0.15) is 17.0 Å². The van der Waals surface area contributed by atoms with Crippen LogP contribution in [0, 0.1) is 0 Å². The highest BCUT2D eigenvalue weighted by molar-refractivity contribution is 7.86. The summed E-state index contributed by atoms with van der Waals surface area (Å²) in [7, 11) is -1.45. The summed E-state index contributed by atoms with van der Waals surface area (Å²) >= 11 is 0. The highest BCUT2D eigenvalue weighted by Crippen LogP contribution is 2.07. The van der Waals surface area contributed by atoms with E-state index in [2.05, 4.69) is 0 Å². The zero-order valence-corrected chi connectivity index (χ0v) is 9.54. The van der Waals surface area contributed by atoms with Gasteiger partial charge in [0.15, 0.2) is 0 Å². The van der Waals surface area contributed by atoms with Crippen molar-refractivity contribution >= 4 is 10.2 Å². The minimum atomic E-state index is -3.83. The van der Waals surface area contributed by atoms with E-state index in [-0.39, 0.29) is 19.6 Å². The van der Waals surface area contributed by atoms with Crippen LogP contribution in [0.3, 0.4) is 0 Å². The summed E-state index contributed by atoms with van der Waals surface area (Å²) in [6, 6.07) is 0. The van der Waals surface area contributed by atoms with Crippen LogP contribution < -0.4 is 0 Å². The van der Waals surface area contributed by atoms with Crippen LogP contribution in [0.15, 0.2) is 0 Å². The topological polar surface area (TPSA) is 60.9 Å². The summed E-state index contributed by atoms with van der Waals surface area (Å²) in [5.74, 6) is 0. The molecule has 1 N–H and O–H groups in total. The van der Waals surface area contributed by atoms with Gasteiger partial charge in [0.05, 0.1) is 6.54 Å². The van der Waals surface area contributed by atoms with Crippen LogP contribution in [0.4, 0.5) is 8.78 Å². The largest absolute Gasteiger partial charge is 0.396 e. The smallest absolute Gasteiger partial charge is 0.281 e. The Balaban J connectivity index is 4.38. The number of alkyl halides is 2. The molecule has 8 heteroatoms. The summed E-state index contributed by atoms with van der Waals surface area (Å²) in [4.78, 5) is 0. The molecule has 5 nitrogen and oxygen atoms in total. The van der Waals surface area contributed by atoms with Crippen molar-refractivity contribution in [3.63, 3.8) is 0 Å². The summed E-state index contributed by atoms with van der Waals surface area (Å²) in [6.45, 7) is -0.864. The first-order valence-electron chi connectivity index (χ1n) is 4.39. The highest BCUT2D eigenvalue weighted by atomic mass is 32.2. The lowest BCUT2D eigenvalue weighted by atomic mass is 10.5. The van der Waals surface area contributed by atoms with Crippen molar-refractivity contribution in [3.8, 4) is 0 Å². The molecule has 0 saturated carbocycles. The third-order valence-corrected chi connectivity index (χ3v) is 3.72. The molecule has 15 heavy (non-hydrogen) atoms. The molecule has 0 saturated heterocycles. The maximum Gasteiger partial charge on any atom is 0.281 e. The Morgan fingerprint density at radius 2 is 1.80 bits per heavy atom. The monoisotopic (exact) mass is 246 g/mol. The number of nitrogens with zero attached hydrogens (tertiary/aromatic N) is 2. The second kappa shape index (κ2) is 6.31. The average molecular weight is 246 g/mol. The maximum atomic E-state index is 12.0. The standard InChI is InChI=1S/C7H16F2N2O3S/c1-10(4-3-5-12)15(13,14)11(2)6-7(8)9/h7,12H,3-6H2,1-2H3. The van der Waals surface area contributed by atoms with Gasteiger partial charge in [-0.05, 0) is 6.42 Å². The third kappa shape index (κ3) is 4.83. The van der Waals surface area contributed by atoms with E-state index in [9.17, 15) is 17.2 Å². The predicted octanol–water partition coefficient (Wildman–Crippen LogP) is -0.258. The Kier molecular flexibility index (Phi) is 6.18. The minimum absolute atomic E-state index is 0.104. The Bertz CT molecular complexity index is 271. The summed E-state index contributed by atoms with van der Waals surface area (Å²) in [5, 5.41) is 8.51. The van der Waals surface area contributed by atoms with Crippen molar-refractivity contribution in [2.24, 2.45) is 0 Å². The molecule has 0 aromatic heterocycles. The zero-order chi connectivity index (χ0) is 12.1.